The Kier molecular flexibility index (Phi) is 11.0. The lowest BCUT2D eigenvalue weighted by molar-refractivity contribution is -0.145. The van der Waals surface area contributed by atoms with Gasteiger partial charge in [-0.2, -0.15) is 0 Å². The van der Waals surface area contributed by atoms with E-state index in [4.69, 9.17) is 4.84 Å². The molecule has 15 nitrogen and oxygen atoms in total. The number of Topliss-reactive ketones (excluding diaryl/α,β-unsaturated/α-hetero) is 1. The van der Waals surface area contributed by atoms with Gasteiger partial charge in [-0.3, -0.25) is 38.3 Å². The van der Waals surface area contributed by atoms with Gasteiger partial charge in [0, 0.05) is 30.6 Å². The molecule has 4 atom stereocenters. The fraction of sp³-hybridized carbons (Fsp3) is 0.714. The van der Waals surface area contributed by atoms with E-state index in [2.05, 4.69) is 26.1 Å². The van der Waals surface area contributed by atoms with Gasteiger partial charge >= 0.3 is 5.69 Å². The number of oxime groups is 1. The molecule has 4 amide bonds. The maximum absolute atomic E-state index is 14.6. The number of amides is 4. The molecule has 15 heteroatoms. The number of aromatic nitrogens is 2. The minimum absolute atomic E-state index is 0.0291. The molecule has 2 saturated carbocycles. The summed E-state index contributed by atoms with van der Waals surface area (Å²) < 4.78 is 1.17. The number of ketones is 1. The third kappa shape index (κ3) is 8.52. The van der Waals surface area contributed by atoms with Crippen molar-refractivity contribution in [2.45, 2.75) is 141 Å². The summed E-state index contributed by atoms with van der Waals surface area (Å²) in [6.07, 6.45) is 9.21. The minimum Gasteiger partial charge on any atom is -0.385 e. The van der Waals surface area contributed by atoms with E-state index in [1.807, 2.05) is 27.7 Å². The number of hydrogen-bond donors (Lipinski definition) is 4. The monoisotopic (exact) mass is 697 g/mol. The van der Waals surface area contributed by atoms with Crippen molar-refractivity contribution < 1.29 is 28.8 Å². The molecule has 1 aromatic rings. The topological polar surface area (TPSA) is 201 Å². The average Bonchev–Trinajstić information content (AvgIpc) is 3.66. The van der Waals surface area contributed by atoms with Crippen molar-refractivity contribution in [1.29, 1.82) is 0 Å². The van der Waals surface area contributed by atoms with Crippen molar-refractivity contribution in [3.8, 4) is 0 Å². The second kappa shape index (κ2) is 14.9. The molecule has 2 aliphatic heterocycles. The molecule has 4 N–H and O–H groups in total. The van der Waals surface area contributed by atoms with Crippen LogP contribution in [0.2, 0.25) is 0 Å². The Morgan fingerprint density at radius 3 is 2.40 bits per heavy atom. The van der Waals surface area contributed by atoms with Gasteiger partial charge in [0.2, 0.25) is 23.5 Å². The minimum atomic E-state index is -1.22. The number of likely N-dealkylation sites (tertiary alicyclic amines) is 1. The van der Waals surface area contributed by atoms with E-state index in [1.165, 1.54) is 15.7 Å². The fourth-order valence-electron chi connectivity index (χ4n) is 7.15. The van der Waals surface area contributed by atoms with Crippen LogP contribution in [0.3, 0.4) is 0 Å². The molecule has 50 heavy (non-hydrogen) atoms. The van der Waals surface area contributed by atoms with Gasteiger partial charge in [-0.25, -0.2) is 4.79 Å². The molecule has 0 radical (unpaired) electrons. The van der Waals surface area contributed by atoms with Gasteiger partial charge in [0.15, 0.2) is 11.4 Å². The molecule has 1 spiro atoms. The molecular weight excluding hydrogens is 646 g/mol. The molecule has 0 unspecified atom stereocenters. The molecule has 4 aliphatic rings. The van der Waals surface area contributed by atoms with E-state index in [0.29, 0.717) is 12.8 Å². The molecule has 0 bridgehead atoms. The third-order valence-electron chi connectivity index (χ3n) is 10.2. The predicted molar refractivity (Wildman–Crippen MR) is 183 cm³/mol. The standard InChI is InChI=1S/C35H51N7O8/c1-6-10-23(27(44)31(47)36-22-13-14-22)37-30(46)24-16-35(17-25(40-50-35)41-18-20(2)29(45)39-33(41)49)19-42(24)32(48)28(34(3,4)5)38-26(43)15-21-11-8-7-9-12-21/h18,21-24,28H,6-17,19H2,1-5H3,(H,36,47)(H,37,46)(H,38,43)(H,39,45,49)/t23-,24-,28+,35-/m0/s1. The Balaban J connectivity index is 1.41. The van der Waals surface area contributed by atoms with Crippen molar-refractivity contribution in [2.24, 2.45) is 16.5 Å². The van der Waals surface area contributed by atoms with Crippen LogP contribution in [0.1, 0.15) is 110 Å². The van der Waals surface area contributed by atoms with Crippen LogP contribution in [0.15, 0.2) is 20.9 Å². The molecule has 0 aromatic carbocycles. The summed E-state index contributed by atoms with van der Waals surface area (Å²) in [6.45, 7) is 8.79. The first-order chi connectivity index (χ1) is 23.6. The third-order valence-corrected chi connectivity index (χ3v) is 10.2. The summed E-state index contributed by atoms with van der Waals surface area (Å²) in [7, 11) is 0. The number of nitrogens with zero attached hydrogens (tertiary/aromatic N) is 3. The van der Waals surface area contributed by atoms with Crippen molar-refractivity contribution in [2.75, 3.05) is 6.54 Å². The summed E-state index contributed by atoms with van der Waals surface area (Å²) in [5, 5.41) is 12.6. The number of aryl methyl sites for hydroxylation is 1. The van der Waals surface area contributed by atoms with Gasteiger partial charge in [0.1, 0.15) is 12.1 Å². The van der Waals surface area contributed by atoms with Crippen LogP contribution in [0.4, 0.5) is 0 Å². The zero-order valence-corrected chi connectivity index (χ0v) is 29.8. The van der Waals surface area contributed by atoms with Crippen LogP contribution in [0, 0.1) is 18.3 Å². The molecular formula is C35H51N7O8. The highest BCUT2D eigenvalue weighted by molar-refractivity contribution is 6.38. The molecule has 1 aromatic heterocycles. The lowest BCUT2D eigenvalue weighted by Gasteiger charge is -2.36. The van der Waals surface area contributed by atoms with Crippen LogP contribution in [0.5, 0.6) is 0 Å². The summed E-state index contributed by atoms with van der Waals surface area (Å²) in [5.41, 5.74) is -2.92. The highest BCUT2D eigenvalue weighted by Gasteiger charge is 2.56. The Bertz CT molecular complexity index is 1650. The van der Waals surface area contributed by atoms with E-state index < -0.39 is 63.9 Å². The van der Waals surface area contributed by atoms with Gasteiger partial charge in [-0.05, 0) is 50.4 Å². The van der Waals surface area contributed by atoms with Gasteiger partial charge in [0.25, 0.3) is 11.5 Å². The Hall–Kier alpha value is -4.30. The summed E-state index contributed by atoms with van der Waals surface area (Å²) in [4.78, 5) is 102. The number of aromatic amines is 1. The van der Waals surface area contributed by atoms with E-state index >= 15 is 0 Å². The largest absolute Gasteiger partial charge is 0.385 e. The average molecular weight is 698 g/mol. The quantitative estimate of drug-likeness (QED) is 0.249. The Labute approximate surface area is 291 Å². The maximum atomic E-state index is 14.6. The van der Waals surface area contributed by atoms with E-state index in [0.717, 1.165) is 44.9 Å². The van der Waals surface area contributed by atoms with Gasteiger partial charge in [0.05, 0.1) is 19.0 Å². The zero-order valence-electron chi connectivity index (χ0n) is 29.8. The lowest BCUT2D eigenvalue weighted by atomic mass is 9.84. The van der Waals surface area contributed by atoms with Gasteiger partial charge in [-0.15, -0.1) is 0 Å². The first kappa shape index (κ1) is 37.0. The predicted octanol–water partition coefficient (Wildman–Crippen LogP) is 1.40. The highest BCUT2D eigenvalue weighted by atomic mass is 16.7. The van der Waals surface area contributed by atoms with Crippen LogP contribution in [-0.2, 0) is 28.8 Å². The van der Waals surface area contributed by atoms with E-state index in [9.17, 15) is 33.6 Å². The van der Waals surface area contributed by atoms with E-state index in [-0.39, 0.29) is 55.1 Å². The summed E-state index contributed by atoms with van der Waals surface area (Å²) in [6, 6.07) is -3.28. The van der Waals surface area contributed by atoms with Crippen molar-refractivity contribution in [3.05, 3.63) is 32.6 Å². The molecule has 3 heterocycles. The normalized spacial score (nSPS) is 23.5. The first-order valence-electron chi connectivity index (χ1n) is 17.9. The highest BCUT2D eigenvalue weighted by Crippen LogP contribution is 2.39. The summed E-state index contributed by atoms with van der Waals surface area (Å²) >= 11 is 0. The van der Waals surface area contributed by atoms with Crippen LogP contribution < -0.4 is 27.2 Å². The first-order valence-corrected chi connectivity index (χ1v) is 17.9. The number of carbonyl (C=O) groups is 5. The lowest BCUT2D eigenvalue weighted by Crippen LogP contribution is -2.59. The second-order valence-corrected chi connectivity index (χ2v) is 15.6. The number of hydrogen-bond acceptors (Lipinski definition) is 9. The van der Waals surface area contributed by atoms with Crippen molar-refractivity contribution in [1.82, 2.24) is 30.4 Å². The maximum Gasteiger partial charge on any atom is 0.333 e. The summed E-state index contributed by atoms with van der Waals surface area (Å²) in [5.74, 6) is -2.44. The molecule has 274 valence electrons. The Morgan fingerprint density at radius 1 is 1.06 bits per heavy atom. The molecule has 5 rings (SSSR count). The van der Waals surface area contributed by atoms with Crippen molar-refractivity contribution in [3.63, 3.8) is 0 Å². The SMILES string of the molecule is CCC[C@H](NC(=O)[C@@H]1C[C@]2(CC(n3cc(C)c(=O)[nH]c3=O)=NO2)CN1C(=O)[C@@H](NC(=O)CC1CCCCC1)C(C)(C)C)C(=O)C(=O)NC1CC1. The molecule has 2 aliphatic carbocycles. The number of carbonyl (C=O) groups excluding carboxylic acids is 5. The fourth-order valence-corrected chi connectivity index (χ4v) is 7.15. The number of H-pyrrole nitrogens is 1. The number of rotatable bonds is 11. The van der Waals surface area contributed by atoms with Gasteiger partial charge in [-0.1, -0.05) is 58.5 Å². The second-order valence-electron chi connectivity index (χ2n) is 15.6. The number of nitrogens with one attached hydrogen (secondary N) is 4. The smallest absolute Gasteiger partial charge is 0.333 e. The molecule has 1 saturated heterocycles. The Morgan fingerprint density at radius 2 is 1.76 bits per heavy atom. The van der Waals surface area contributed by atoms with Crippen LogP contribution in [0.25, 0.3) is 0 Å². The van der Waals surface area contributed by atoms with Gasteiger partial charge < -0.3 is 25.7 Å². The zero-order chi connectivity index (χ0) is 36.4. The van der Waals surface area contributed by atoms with Crippen LogP contribution >= 0.6 is 0 Å². The van der Waals surface area contributed by atoms with Crippen molar-refractivity contribution >= 4 is 35.2 Å². The van der Waals surface area contributed by atoms with Crippen LogP contribution in [-0.4, -0.2) is 86.0 Å². The van der Waals surface area contributed by atoms with E-state index in [1.54, 1.807) is 6.92 Å². The molecule has 3 fully saturated rings.